The Morgan fingerprint density at radius 3 is 2.79 bits per heavy atom. The smallest absolute Gasteiger partial charge is 0.257 e. The van der Waals surface area contributed by atoms with Crippen molar-refractivity contribution in [2.75, 3.05) is 11.9 Å². The molecule has 0 spiro atoms. The molecule has 29 heavy (non-hydrogen) atoms. The Bertz CT molecular complexity index is 924. The standard InChI is InChI=1S/C21H25N3O3S2/c1-2-11-27-14-8-6-7-13(12-14)19(26)23-21(28)24-20-17(18(22)25)15-9-4-3-5-10-16(15)29-20/h6-8,12H,2-5,9-11H2,1H3,(H2,22,25)(H2,23,24,26,28). The van der Waals surface area contributed by atoms with Crippen molar-refractivity contribution < 1.29 is 14.3 Å². The van der Waals surface area contributed by atoms with E-state index >= 15 is 0 Å². The van der Waals surface area contributed by atoms with Crippen molar-refractivity contribution >= 4 is 45.5 Å². The molecule has 2 amide bonds. The first-order valence-electron chi connectivity index (χ1n) is 9.79. The Morgan fingerprint density at radius 1 is 1.24 bits per heavy atom. The number of carbonyl (C=O) groups excluding carboxylic acids is 2. The molecule has 0 atom stereocenters. The molecule has 4 N–H and O–H groups in total. The fourth-order valence-corrected chi connectivity index (χ4v) is 4.91. The number of benzene rings is 1. The summed E-state index contributed by atoms with van der Waals surface area (Å²) in [6.45, 7) is 2.61. The average molecular weight is 432 g/mol. The van der Waals surface area contributed by atoms with Crippen LogP contribution in [-0.4, -0.2) is 23.5 Å². The van der Waals surface area contributed by atoms with E-state index < -0.39 is 5.91 Å². The number of anilines is 1. The molecule has 0 radical (unpaired) electrons. The lowest BCUT2D eigenvalue weighted by Gasteiger charge is -2.11. The first-order valence-corrected chi connectivity index (χ1v) is 11.0. The van der Waals surface area contributed by atoms with Crippen molar-refractivity contribution in [1.82, 2.24) is 5.32 Å². The topological polar surface area (TPSA) is 93.4 Å². The number of aryl methyl sites for hydroxylation is 1. The lowest BCUT2D eigenvalue weighted by Crippen LogP contribution is -2.34. The number of thiophene rings is 1. The van der Waals surface area contributed by atoms with Crippen LogP contribution in [0.2, 0.25) is 0 Å². The van der Waals surface area contributed by atoms with Crippen molar-refractivity contribution in [3.63, 3.8) is 0 Å². The summed E-state index contributed by atoms with van der Waals surface area (Å²) >= 11 is 6.80. The van der Waals surface area contributed by atoms with E-state index in [1.54, 1.807) is 24.3 Å². The van der Waals surface area contributed by atoms with E-state index in [1.807, 2.05) is 6.92 Å². The molecule has 1 aromatic heterocycles. The normalized spacial score (nSPS) is 13.1. The van der Waals surface area contributed by atoms with Gasteiger partial charge in [0, 0.05) is 10.4 Å². The highest BCUT2D eigenvalue weighted by Crippen LogP contribution is 2.37. The molecule has 6 nitrogen and oxygen atoms in total. The summed E-state index contributed by atoms with van der Waals surface area (Å²) in [5.41, 5.74) is 7.61. The molecule has 0 fully saturated rings. The number of ether oxygens (including phenoxy) is 1. The number of nitrogens with two attached hydrogens (primary N) is 1. The van der Waals surface area contributed by atoms with Crippen LogP contribution in [-0.2, 0) is 12.8 Å². The summed E-state index contributed by atoms with van der Waals surface area (Å²) in [5.74, 6) is -0.179. The SMILES string of the molecule is CCCOc1cccc(C(=O)NC(=S)Nc2sc3c(c2C(N)=O)CCCCC3)c1. The minimum absolute atomic E-state index is 0.133. The van der Waals surface area contributed by atoms with Crippen LogP contribution < -0.4 is 21.1 Å². The van der Waals surface area contributed by atoms with Gasteiger partial charge in [-0.25, -0.2) is 0 Å². The van der Waals surface area contributed by atoms with Crippen LogP contribution in [0.3, 0.4) is 0 Å². The number of fused-ring (bicyclic) bond motifs is 1. The summed E-state index contributed by atoms with van der Waals surface area (Å²) in [7, 11) is 0. The molecule has 8 heteroatoms. The number of carbonyl (C=O) groups is 2. The summed E-state index contributed by atoms with van der Waals surface area (Å²) in [6.07, 6.45) is 5.96. The van der Waals surface area contributed by atoms with Crippen molar-refractivity contribution in [3.8, 4) is 5.75 Å². The van der Waals surface area contributed by atoms with Crippen molar-refractivity contribution in [3.05, 3.63) is 45.8 Å². The summed E-state index contributed by atoms with van der Waals surface area (Å²) in [5, 5.41) is 6.41. The third-order valence-electron chi connectivity index (χ3n) is 4.69. The maximum Gasteiger partial charge on any atom is 0.257 e. The molecule has 1 aliphatic rings. The van der Waals surface area contributed by atoms with E-state index in [-0.39, 0.29) is 11.0 Å². The van der Waals surface area contributed by atoms with Crippen LogP contribution in [0.4, 0.5) is 5.00 Å². The molecule has 1 aliphatic carbocycles. The first kappa shape index (κ1) is 21.3. The van der Waals surface area contributed by atoms with Crippen LogP contribution in [0.15, 0.2) is 24.3 Å². The van der Waals surface area contributed by atoms with E-state index in [2.05, 4.69) is 10.6 Å². The van der Waals surface area contributed by atoms with Gasteiger partial charge in [0.05, 0.1) is 12.2 Å². The second-order valence-corrected chi connectivity index (χ2v) is 8.43. The average Bonchev–Trinajstić information content (AvgIpc) is 2.87. The third-order valence-corrected chi connectivity index (χ3v) is 6.10. The monoisotopic (exact) mass is 431 g/mol. The molecule has 0 aliphatic heterocycles. The lowest BCUT2D eigenvalue weighted by molar-refractivity contribution is 0.0975. The molecule has 1 aromatic carbocycles. The van der Waals surface area contributed by atoms with E-state index in [1.165, 1.54) is 16.2 Å². The highest BCUT2D eigenvalue weighted by atomic mass is 32.1. The summed E-state index contributed by atoms with van der Waals surface area (Å²) < 4.78 is 5.57. The fourth-order valence-electron chi connectivity index (χ4n) is 3.35. The Morgan fingerprint density at radius 2 is 2.03 bits per heavy atom. The fraction of sp³-hybridized carbons (Fsp3) is 0.381. The van der Waals surface area contributed by atoms with E-state index in [9.17, 15) is 9.59 Å². The molecule has 154 valence electrons. The molecular weight excluding hydrogens is 406 g/mol. The van der Waals surface area contributed by atoms with Crippen molar-refractivity contribution in [1.29, 1.82) is 0 Å². The second kappa shape index (κ2) is 9.84. The Balaban J connectivity index is 1.71. The van der Waals surface area contributed by atoms with Gasteiger partial charge in [-0.1, -0.05) is 19.4 Å². The van der Waals surface area contributed by atoms with Crippen LogP contribution in [0.1, 0.15) is 63.8 Å². The third kappa shape index (κ3) is 5.33. The maximum absolute atomic E-state index is 12.5. The van der Waals surface area contributed by atoms with Gasteiger partial charge in [-0.05, 0) is 68.1 Å². The second-order valence-electron chi connectivity index (χ2n) is 6.92. The lowest BCUT2D eigenvalue weighted by atomic mass is 10.1. The van der Waals surface area contributed by atoms with Crippen LogP contribution >= 0.6 is 23.6 Å². The molecular formula is C21H25N3O3S2. The molecule has 1 heterocycles. The number of hydrogen-bond donors (Lipinski definition) is 3. The Kier molecular flexibility index (Phi) is 7.22. The first-order chi connectivity index (χ1) is 14.0. The van der Waals surface area contributed by atoms with Crippen molar-refractivity contribution in [2.24, 2.45) is 5.73 Å². The predicted molar refractivity (Wildman–Crippen MR) is 120 cm³/mol. The highest BCUT2D eigenvalue weighted by molar-refractivity contribution is 7.80. The Hall–Kier alpha value is -2.45. The van der Waals surface area contributed by atoms with Gasteiger partial charge >= 0.3 is 0 Å². The number of thiocarbonyl (C=S) groups is 1. The number of amides is 2. The van der Waals surface area contributed by atoms with Crippen LogP contribution in [0.25, 0.3) is 0 Å². The van der Waals surface area contributed by atoms with Gasteiger partial charge in [0.15, 0.2) is 5.11 Å². The summed E-state index contributed by atoms with van der Waals surface area (Å²) in [4.78, 5) is 25.8. The Labute approximate surface area is 179 Å². The van der Waals surface area contributed by atoms with Gasteiger partial charge in [0.2, 0.25) is 0 Å². The minimum atomic E-state index is -0.471. The molecule has 0 saturated heterocycles. The largest absolute Gasteiger partial charge is 0.494 e. The molecule has 2 aromatic rings. The number of rotatable bonds is 6. The number of primary amides is 1. The van der Waals surface area contributed by atoms with Crippen LogP contribution in [0, 0.1) is 0 Å². The van der Waals surface area contributed by atoms with Gasteiger partial charge in [-0.3, -0.25) is 14.9 Å². The summed E-state index contributed by atoms with van der Waals surface area (Å²) in [6, 6.07) is 6.94. The quantitative estimate of drug-likeness (QED) is 0.474. The van der Waals surface area contributed by atoms with E-state index in [4.69, 9.17) is 22.7 Å². The zero-order chi connectivity index (χ0) is 20.8. The zero-order valence-corrected chi connectivity index (χ0v) is 18.0. The van der Waals surface area contributed by atoms with Gasteiger partial charge in [0.1, 0.15) is 10.8 Å². The molecule has 0 saturated carbocycles. The van der Waals surface area contributed by atoms with E-state index in [0.29, 0.717) is 28.5 Å². The number of hydrogen-bond acceptors (Lipinski definition) is 5. The van der Waals surface area contributed by atoms with Gasteiger partial charge in [-0.2, -0.15) is 0 Å². The molecule has 0 unspecified atom stereocenters. The molecule has 0 bridgehead atoms. The molecule has 3 rings (SSSR count). The van der Waals surface area contributed by atoms with Gasteiger partial charge in [0.25, 0.3) is 11.8 Å². The van der Waals surface area contributed by atoms with Crippen LogP contribution in [0.5, 0.6) is 5.75 Å². The van der Waals surface area contributed by atoms with Crippen molar-refractivity contribution in [2.45, 2.75) is 45.4 Å². The van der Waals surface area contributed by atoms with Gasteiger partial charge < -0.3 is 15.8 Å². The van der Waals surface area contributed by atoms with E-state index in [0.717, 1.165) is 44.1 Å². The predicted octanol–water partition coefficient (Wildman–Crippen LogP) is 4.03. The zero-order valence-electron chi connectivity index (χ0n) is 16.4. The highest BCUT2D eigenvalue weighted by Gasteiger charge is 2.24. The maximum atomic E-state index is 12.5. The minimum Gasteiger partial charge on any atom is -0.494 e. The van der Waals surface area contributed by atoms with Gasteiger partial charge in [-0.15, -0.1) is 11.3 Å². The number of nitrogens with one attached hydrogen (secondary N) is 2.